The third-order valence-corrected chi connectivity index (χ3v) is 3.30. The lowest BCUT2D eigenvalue weighted by atomic mass is 10.2. The smallest absolute Gasteiger partial charge is 0.272 e. The zero-order chi connectivity index (χ0) is 16.2. The molecule has 3 rings (SSSR count). The Morgan fingerprint density at radius 3 is 2.96 bits per heavy atom. The number of hydrogen-bond acceptors (Lipinski definition) is 5. The molecule has 0 unspecified atom stereocenters. The first-order valence-corrected chi connectivity index (χ1v) is 7.38. The van der Waals surface area contributed by atoms with Crippen LogP contribution in [-0.2, 0) is 0 Å². The Morgan fingerprint density at radius 1 is 1.35 bits per heavy atom. The number of amides is 1. The first-order chi connectivity index (χ1) is 11.2. The number of hydrogen-bond donors (Lipinski definition) is 1. The van der Waals surface area contributed by atoms with Gasteiger partial charge in [-0.15, -0.1) is 5.10 Å². The van der Waals surface area contributed by atoms with Crippen molar-refractivity contribution in [1.29, 1.82) is 0 Å². The minimum absolute atomic E-state index is 0.208. The van der Waals surface area contributed by atoms with Crippen molar-refractivity contribution in [1.82, 2.24) is 24.9 Å². The van der Waals surface area contributed by atoms with Gasteiger partial charge in [-0.2, -0.15) is 0 Å². The minimum Gasteiger partial charge on any atom is -0.477 e. The van der Waals surface area contributed by atoms with Crippen molar-refractivity contribution in [3.63, 3.8) is 0 Å². The Morgan fingerprint density at radius 2 is 2.22 bits per heavy atom. The summed E-state index contributed by atoms with van der Waals surface area (Å²) in [5.41, 5.74) is 1.68. The molecule has 3 heterocycles. The van der Waals surface area contributed by atoms with E-state index in [-0.39, 0.29) is 11.9 Å². The number of aromatic nitrogens is 4. The quantitative estimate of drug-likeness (QED) is 0.779. The highest BCUT2D eigenvalue weighted by atomic mass is 16.5. The van der Waals surface area contributed by atoms with Crippen LogP contribution in [0.1, 0.15) is 36.1 Å². The third kappa shape index (κ3) is 3.28. The fourth-order valence-electron chi connectivity index (χ4n) is 2.18. The first kappa shape index (κ1) is 15.0. The van der Waals surface area contributed by atoms with E-state index in [4.69, 9.17) is 4.74 Å². The number of nitrogens with one attached hydrogen (secondary N) is 1. The van der Waals surface area contributed by atoms with E-state index in [1.54, 1.807) is 24.5 Å². The summed E-state index contributed by atoms with van der Waals surface area (Å²) in [6.07, 6.45) is 3.28. The summed E-state index contributed by atoms with van der Waals surface area (Å²) < 4.78 is 6.87. The molecule has 7 heteroatoms. The molecule has 3 aromatic rings. The summed E-state index contributed by atoms with van der Waals surface area (Å²) in [6.45, 7) is 4.29. The third-order valence-electron chi connectivity index (χ3n) is 3.30. The van der Waals surface area contributed by atoms with Crippen LogP contribution in [0.2, 0.25) is 0 Å². The summed E-state index contributed by atoms with van der Waals surface area (Å²) in [7, 11) is 0. The second-order valence-electron chi connectivity index (χ2n) is 4.98. The van der Waals surface area contributed by atoms with Crippen LogP contribution in [0.4, 0.5) is 0 Å². The van der Waals surface area contributed by atoms with E-state index in [0.29, 0.717) is 23.8 Å². The van der Waals surface area contributed by atoms with Crippen LogP contribution < -0.4 is 10.1 Å². The molecule has 0 saturated heterocycles. The van der Waals surface area contributed by atoms with Crippen LogP contribution in [0.25, 0.3) is 5.65 Å². The second kappa shape index (κ2) is 6.43. The standard InChI is InChI=1S/C16H17N5O2/c1-3-23-15-8-7-14-19-13(10-21(14)20-15)16(22)18-11(2)12-6-4-5-9-17-12/h4-11H,3H2,1-2H3,(H,18,22)/t11-/m0/s1. The number of pyridine rings is 1. The number of rotatable bonds is 5. The molecule has 0 aliphatic carbocycles. The molecule has 118 valence electrons. The van der Waals surface area contributed by atoms with Gasteiger partial charge in [0.15, 0.2) is 5.65 Å². The topological polar surface area (TPSA) is 81.4 Å². The lowest BCUT2D eigenvalue weighted by Crippen LogP contribution is -2.27. The second-order valence-corrected chi connectivity index (χ2v) is 4.98. The molecule has 0 spiro atoms. The van der Waals surface area contributed by atoms with Crippen LogP contribution in [-0.4, -0.2) is 32.1 Å². The van der Waals surface area contributed by atoms with E-state index < -0.39 is 0 Å². The Hall–Kier alpha value is -2.96. The van der Waals surface area contributed by atoms with Gasteiger partial charge in [0.1, 0.15) is 5.69 Å². The number of carbonyl (C=O) groups excluding carboxylic acids is 1. The van der Waals surface area contributed by atoms with Gasteiger partial charge in [0, 0.05) is 12.3 Å². The van der Waals surface area contributed by atoms with Gasteiger partial charge in [0.05, 0.1) is 24.5 Å². The number of fused-ring (bicyclic) bond motifs is 1. The number of carbonyl (C=O) groups is 1. The number of nitrogens with zero attached hydrogens (tertiary/aromatic N) is 4. The van der Waals surface area contributed by atoms with E-state index in [2.05, 4.69) is 20.4 Å². The molecular formula is C16H17N5O2. The van der Waals surface area contributed by atoms with Crippen molar-refractivity contribution in [2.24, 2.45) is 0 Å². The number of imidazole rings is 1. The zero-order valence-corrected chi connectivity index (χ0v) is 12.9. The molecule has 0 radical (unpaired) electrons. The Kier molecular flexibility index (Phi) is 4.18. The Bertz CT molecular complexity index is 816. The highest BCUT2D eigenvalue weighted by molar-refractivity contribution is 5.93. The van der Waals surface area contributed by atoms with Gasteiger partial charge in [-0.1, -0.05) is 6.07 Å². The molecule has 23 heavy (non-hydrogen) atoms. The van der Waals surface area contributed by atoms with Crippen LogP contribution in [0.5, 0.6) is 5.88 Å². The average molecular weight is 311 g/mol. The molecule has 0 aliphatic heterocycles. The van der Waals surface area contributed by atoms with Crippen molar-refractivity contribution >= 4 is 11.6 Å². The molecule has 0 aromatic carbocycles. The summed E-state index contributed by atoms with van der Waals surface area (Å²) in [5, 5.41) is 7.12. The molecule has 7 nitrogen and oxygen atoms in total. The van der Waals surface area contributed by atoms with Gasteiger partial charge in [-0.25, -0.2) is 9.50 Å². The minimum atomic E-state index is -0.272. The normalized spacial score (nSPS) is 12.1. The lowest BCUT2D eigenvalue weighted by Gasteiger charge is -2.11. The lowest BCUT2D eigenvalue weighted by molar-refractivity contribution is 0.0934. The van der Waals surface area contributed by atoms with Crippen LogP contribution in [0, 0.1) is 0 Å². The zero-order valence-electron chi connectivity index (χ0n) is 12.9. The van der Waals surface area contributed by atoms with Crippen molar-refractivity contribution < 1.29 is 9.53 Å². The SMILES string of the molecule is CCOc1ccc2nc(C(=O)N[C@@H](C)c3ccccn3)cn2n1. The van der Waals surface area contributed by atoms with E-state index in [1.807, 2.05) is 32.0 Å². The molecule has 1 atom stereocenters. The maximum Gasteiger partial charge on any atom is 0.272 e. The van der Waals surface area contributed by atoms with Crippen molar-refractivity contribution in [2.45, 2.75) is 19.9 Å². The molecule has 0 saturated carbocycles. The van der Waals surface area contributed by atoms with E-state index >= 15 is 0 Å². The monoisotopic (exact) mass is 311 g/mol. The number of ether oxygens (including phenoxy) is 1. The maximum absolute atomic E-state index is 12.3. The van der Waals surface area contributed by atoms with Crippen molar-refractivity contribution in [3.05, 3.63) is 54.1 Å². The average Bonchev–Trinajstić information content (AvgIpc) is 2.99. The summed E-state index contributed by atoms with van der Waals surface area (Å²) in [4.78, 5) is 20.8. The first-order valence-electron chi connectivity index (χ1n) is 7.38. The fraction of sp³-hybridized carbons (Fsp3) is 0.250. The highest BCUT2D eigenvalue weighted by Crippen LogP contribution is 2.12. The van der Waals surface area contributed by atoms with Gasteiger partial charge in [-0.05, 0) is 32.0 Å². The van der Waals surface area contributed by atoms with Crippen molar-refractivity contribution in [3.8, 4) is 5.88 Å². The molecule has 0 aliphatic rings. The predicted octanol–water partition coefficient (Wildman–Crippen LogP) is 2.01. The van der Waals surface area contributed by atoms with Gasteiger partial charge < -0.3 is 10.1 Å². The summed E-state index contributed by atoms with van der Waals surface area (Å²) in [5.74, 6) is 0.220. The molecule has 3 aromatic heterocycles. The molecule has 0 bridgehead atoms. The van der Waals surface area contributed by atoms with E-state index in [0.717, 1.165) is 5.69 Å². The maximum atomic E-state index is 12.3. The molecule has 1 N–H and O–H groups in total. The van der Waals surface area contributed by atoms with E-state index in [9.17, 15) is 4.79 Å². The molecular weight excluding hydrogens is 294 g/mol. The highest BCUT2D eigenvalue weighted by Gasteiger charge is 2.15. The Labute approximate surface area is 133 Å². The summed E-state index contributed by atoms with van der Waals surface area (Å²) in [6, 6.07) is 8.86. The van der Waals surface area contributed by atoms with Gasteiger partial charge in [0.25, 0.3) is 5.91 Å². The van der Waals surface area contributed by atoms with Crippen LogP contribution in [0.3, 0.4) is 0 Å². The largest absolute Gasteiger partial charge is 0.477 e. The molecule has 1 amide bonds. The molecule has 0 fully saturated rings. The Balaban J connectivity index is 1.78. The predicted molar refractivity (Wildman–Crippen MR) is 84.3 cm³/mol. The van der Waals surface area contributed by atoms with E-state index in [1.165, 1.54) is 4.52 Å². The van der Waals surface area contributed by atoms with Gasteiger partial charge >= 0.3 is 0 Å². The van der Waals surface area contributed by atoms with Crippen molar-refractivity contribution in [2.75, 3.05) is 6.61 Å². The van der Waals surface area contributed by atoms with Crippen LogP contribution >= 0.6 is 0 Å². The van der Waals surface area contributed by atoms with Gasteiger partial charge in [0.2, 0.25) is 5.88 Å². The van der Waals surface area contributed by atoms with Gasteiger partial charge in [-0.3, -0.25) is 9.78 Å². The van der Waals surface area contributed by atoms with Crippen LogP contribution in [0.15, 0.2) is 42.7 Å². The summed E-state index contributed by atoms with van der Waals surface area (Å²) >= 11 is 0. The fourth-order valence-corrected chi connectivity index (χ4v) is 2.18.